The molecule has 1 nitrogen and oxygen atoms in total. The third-order valence-corrected chi connectivity index (χ3v) is 4.43. The van der Waals surface area contributed by atoms with Crippen molar-refractivity contribution in [3.63, 3.8) is 0 Å². The van der Waals surface area contributed by atoms with Crippen LogP contribution in [-0.2, 0) is 6.42 Å². The van der Waals surface area contributed by atoms with E-state index in [0.717, 1.165) is 5.92 Å². The zero-order valence-electron chi connectivity index (χ0n) is 12.2. The molecule has 1 heteroatoms. The number of hydrogen-bond donors (Lipinski definition) is 0. The molecule has 1 fully saturated rings. The second kappa shape index (κ2) is 6.13. The number of hydrogen-bond acceptors (Lipinski definition) is 1. The smallest absolute Gasteiger partial charge is 0.0368 e. The van der Waals surface area contributed by atoms with Gasteiger partial charge in [-0.05, 0) is 49.8 Å². The second-order valence-corrected chi connectivity index (χ2v) is 5.97. The van der Waals surface area contributed by atoms with Crippen LogP contribution in [0.2, 0.25) is 0 Å². The van der Waals surface area contributed by atoms with Crippen LogP contribution in [0.1, 0.15) is 25.3 Å². The van der Waals surface area contributed by atoms with E-state index < -0.39 is 0 Å². The number of benzene rings is 2. The number of nitrogens with zero attached hydrogens (tertiary/aromatic N) is 1. The molecule has 2 aromatic rings. The van der Waals surface area contributed by atoms with Gasteiger partial charge in [-0.25, -0.2) is 0 Å². The van der Waals surface area contributed by atoms with E-state index in [2.05, 4.69) is 72.5 Å². The van der Waals surface area contributed by atoms with Crippen LogP contribution in [0.5, 0.6) is 0 Å². The van der Waals surface area contributed by atoms with E-state index in [4.69, 9.17) is 0 Å². The SMILES string of the molecule is CC1CCC(Cc2ccccc2)CN1c1ccccc1. The molecule has 0 bridgehead atoms. The quantitative estimate of drug-likeness (QED) is 0.788. The average Bonchev–Trinajstić information content (AvgIpc) is 2.51. The van der Waals surface area contributed by atoms with Gasteiger partial charge in [0.05, 0.1) is 0 Å². The van der Waals surface area contributed by atoms with Crippen LogP contribution in [0.3, 0.4) is 0 Å². The molecule has 0 amide bonds. The van der Waals surface area contributed by atoms with Gasteiger partial charge in [0.2, 0.25) is 0 Å². The molecule has 104 valence electrons. The summed E-state index contributed by atoms with van der Waals surface area (Å²) in [6.45, 7) is 3.53. The van der Waals surface area contributed by atoms with Crippen LogP contribution in [0.4, 0.5) is 5.69 Å². The monoisotopic (exact) mass is 265 g/mol. The Morgan fingerprint density at radius 1 is 0.900 bits per heavy atom. The van der Waals surface area contributed by atoms with E-state index in [1.807, 2.05) is 0 Å². The summed E-state index contributed by atoms with van der Waals surface area (Å²) in [6.07, 6.45) is 3.85. The summed E-state index contributed by atoms with van der Waals surface area (Å²) in [5.41, 5.74) is 2.85. The van der Waals surface area contributed by atoms with Crippen molar-refractivity contribution >= 4 is 5.69 Å². The van der Waals surface area contributed by atoms with Crippen molar-refractivity contribution in [3.05, 3.63) is 66.2 Å². The lowest BCUT2D eigenvalue weighted by atomic mass is 9.88. The van der Waals surface area contributed by atoms with E-state index in [1.165, 1.54) is 37.1 Å². The molecule has 1 saturated heterocycles. The maximum Gasteiger partial charge on any atom is 0.0368 e. The van der Waals surface area contributed by atoms with Crippen molar-refractivity contribution in [2.75, 3.05) is 11.4 Å². The second-order valence-electron chi connectivity index (χ2n) is 5.97. The topological polar surface area (TPSA) is 3.24 Å². The molecule has 0 spiro atoms. The first-order chi connectivity index (χ1) is 9.83. The van der Waals surface area contributed by atoms with Gasteiger partial charge in [0.1, 0.15) is 0 Å². The molecule has 3 rings (SSSR count). The Labute approximate surface area is 122 Å². The van der Waals surface area contributed by atoms with Crippen molar-refractivity contribution < 1.29 is 0 Å². The lowest BCUT2D eigenvalue weighted by Gasteiger charge is -2.40. The van der Waals surface area contributed by atoms with Gasteiger partial charge in [-0.1, -0.05) is 48.5 Å². The predicted molar refractivity (Wildman–Crippen MR) is 86.1 cm³/mol. The molecule has 0 aromatic heterocycles. The highest BCUT2D eigenvalue weighted by molar-refractivity contribution is 5.47. The Hall–Kier alpha value is -1.76. The summed E-state index contributed by atoms with van der Waals surface area (Å²) in [5, 5.41) is 0. The van der Waals surface area contributed by atoms with E-state index in [9.17, 15) is 0 Å². The fourth-order valence-electron chi connectivity index (χ4n) is 3.28. The molecule has 1 aliphatic heterocycles. The molecule has 0 N–H and O–H groups in total. The molecule has 0 aliphatic carbocycles. The van der Waals surface area contributed by atoms with Gasteiger partial charge in [-0.3, -0.25) is 0 Å². The maximum atomic E-state index is 2.58. The summed E-state index contributed by atoms with van der Waals surface area (Å²) in [6, 6.07) is 22.4. The van der Waals surface area contributed by atoms with E-state index in [0.29, 0.717) is 6.04 Å². The normalized spacial score (nSPS) is 22.8. The van der Waals surface area contributed by atoms with Gasteiger partial charge in [0.15, 0.2) is 0 Å². The van der Waals surface area contributed by atoms with Gasteiger partial charge in [0.25, 0.3) is 0 Å². The minimum Gasteiger partial charge on any atom is -0.369 e. The van der Waals surface area contributed by atoms with Crippen LogP contribution in [-0.4, -0.2) is 12.6 Å². The van der Waals surface area contributed by atoms with Gasteiger partial charge in [-0.2, -0.15) is 0 Å². The van der Waals surface area contributed by atoms with Crippen molar-refractivity contribution in [2.24, 2.45) is 5.92 Å². The minimum atomic E-state index is 0.657. The Morgan fingerprint density at radius 3 is 2.25 bits per heavy atom. The third kappa shape index (κ3) is 3.04. The Bertz CT molecular complexity index is 520. The molecule has 20 heavy (non-hydrogen) atoms. The Balaban J connectivity index is 1.70. The van der Waals surface area contributed by atoms with Crippen molar-refractivity contribution in [3.8, 4) is 0 Å². The van der Waals surface area contributed by atoms with Crippen molar-refractivity contribution in [2.45, 2.75) is 32.2 Å². The summed E-state index contributed by atoms with van der Waals surface area (Å²) in [7, 11) is 0. The van der Waals surface area contributed by atoms with Gasteiger partial charge >= 0.3 is 0 Å². The largest absolute Gasteiger partial charge is 0.369 e. The minimum absolute atomic E-state index is 0.657. The van der Waals surface area contributed by atoms with Crippen molar-refractivity contribution in [1.82, 2.24) is 0 Å². The number of anilines is 1. The maximum absolute atomic E-state index is 2.58. The summed E-state index contributed by atoms with van der Waals surface area (Å²) in [4.78, 5) is 2.58. The van der Waals surface area contributed by atoms with Crippen LogP contribution in [0, 0.1) is 5.92 Å². The van der Waals surface area contributed by atoms with Gasteiger partial charge in [-0.15, -0.1) is 0 Å². The molecule has 0 radical (unpaired) electrons. The highest BCUT2D eigenvalue weighted by Crippen LogP contribution is 2.29. The summed E-state index contributed by atoms with van der Waals surface area (Å²) in [5.74, 6) is 0.772. The van der Waals surface area contributed by atoms with E-state index >= 15 is 0 Å². The zero-order valence-corrected chi connectivity index (χ0v) is 12.2. The molecule has 1 aliphatic rings. The lowest BCUT2D eigenvalue weighted by Crippen LogP contribution is -2.42. The number of piperidine rings is 1. The van der Waals surface area contributed by atoms with Crippen LogP contribution in [0.15, 0.2) is 60.7 Å². The Morgan fingerprint density at radius 2 is 1.55 bits per heavy atom. The molecular weight excluding hydrogens is 242 g/mol. The lowest BCUT2D eigenvalue weighted by molar-refractivity contribution is 0.365. The first kappa shape index (κ1) is 13.2. The molecule has 2 atom stereocenters. The van der Waals surface area contributed by atoms with Gasteiger partial charge < -0.3 is 4.90 Å². The average molecular weight is 265 g/mol. The fourth-order valence-corrected chi connectivity index (χ4v) is 3.28. The molecule has 2 aromatic carbocycles. The molecule has 2 unspecified atom stereocenters. The highest BCUT2D eigenvalue weighted by Gasteiger charge is 2.25. The zero-order chi connectivity index (χ0) is 13.8. The van der Waals surface area contributed by atoms with Gasteiger partial charge in [0, 0.05) is 18.3 Å². The summed E-state index contributed by atoms with van der Waals surface area (Å²) >= 11 is 0. The Kier molecular flexibility index (Phi) is 4.05. The van der Waals surface area contributed by atoms with Crippen molar-refractivity contribution in [1.29, 1.82) is 0 Å². The number of rotatable bonds is 3. The first-order valence-corrected chi connectivity index (χ1v) is 7.68. The van der Waals surface area contributed by atoms with E-state index in [1.54, 1.807) is 0 Å². The molecule has 0 saturated carbocycles. The predicted octanol–water partition coefficient (Wildman–Crippen LogP) is 4.53. The standard InChI is InChI=1S/C19H23N/c1-16-12-13-18(14-17-8-4-2-5-9-17)15-20(16)19-10-6-3-7-11-19/h2-11,16,18H,12-15H2,1H3. The van der Waals surface area contributed by atoms with E-state index in [-0.39, 0.29) is 0 Å². The first-order valence-electron chi connectivity index (χ1n) is 7.68. The number of para-hydroxylation sites is 1. The molecular formula is C19H23N. The molecule has 1 heterocycles. The van der Waals surface area contributed by atoms with Crippen LogP contribution in [0.25, 0.3) is 0 Å². The van der Waals surface area contributed by atoms with Crippen LogP contribution >= 0.6 is 0 Å². The summed E-state index contributed by atoms with van der Waals surface area (Å²) < 4.78 is 0. The highest BCUT2D eigenvalue weighted by atomic mass is 15.2. The van der Waals surface area contributed by atoms with Crippen LogP contribution < -0.4 is 4.90 Å². The fraction of sp³-hybridized carbons (Fsp3) is 0.368. The third-order valence-electron chi connectivity index (χ3n) is 4.43.